The molecule has 0 fully saturated rings. The lowest BCUT2D eigenvalue weighted by molar-refractivity contribution is 0.415. The van der Waals surface area contributed by atoms with Crippen LogP contribution in [0.2, 0.25) is 0 Å². The number of hydrogen-bond donors (Lipinski definition) is 1. The maximum Gasteiger partial charge on any atom is 0.189 e. The molecule has 1 aromatic heterocycles. The Balaban J connectivity index is 2.06. The lowest BCUT2D eigenvalue weighted by Crippen LogP contribution is -2.18. The second-order valence-corrected chi connectivity index (χ2v) is 6.46. The molecule has 5 heteroatoms. The first-order chi connectivity index (χ1) is 10.1. The number of anilines is 2. The number of aromatic nitrogens is 1. The third-order valence-corrected chi connectivity index (χ3v) is 4.20. The van der Waals surface area contributed by atoms with Crippen LogP contribution in [0.3, 0.4) is 0 Å². The van der Waals surface area contributed by atoms with E-state index in [4.69, 9.17) is 4.74 Å². The zero-order chi connectivity index (χ0) is 15.2. The van der Waals surface area contributed by atoms with Crippen LogP contribution in [-0.2, 0) is 6.54 Å². The molecule has 2 aromatic rings. The van der Waals surface area contributed by atoms with Gasteiger partial charge in [-0.2, -0.15) is 0 Å². The SMILES string of the molecule is COc1ccccc1N(C)c1ncc(CNCC(C)C)s1. The fraction of sp³-hybridized carbons (Fsp3) is 0.438. The van der Waals surface area contributed by atoms with Crippen LogP contribution >= 0.6 is 11.3 Å². The molecule has 4 nitrogen and oxygen atoms in total. The van der Waals surface area contributed by atoms with E-state index in [1.807, 2.05) is 37.5 Å². The van der Waals surface area contributed by atoms with Gasteiger partial charge in [-0.15, -0.1) is 11.3 Å². The maximum absolute atomic E-state index is 5.41. The van der Waals surface area contributed by atoms with Crippen molar-refractivity contribution in [3.8, 4) is 5.75 Å². The van der Waals surface area contributed by atoms with Crippen LogP contribution in [0.4, 0.5) is 10.8 Å². The molecule has 0 amide bonds. The molecule has 0 saturated carbocycles. The maximum atomic E-state index is 5.41. The summed E-state index contributed by atoms with van der Waals surface area (Å²) in [5.41, 5.74) is 1.02. The predicted molar refractivity (Wildman–Crippen MR) is 89.7 cm³/mol. The van der Waals surface area contributed by atoms with E-state index in [1.165, 1.54) is 4.88 Å². The molecule has 1 heterocycles. The van der Waals surface area contributed by atoms with E-state index in [9.17, 15) is 0 Å². The molecule has 21 heavy (non-hydrogen) atoms. The van der Waals surface area contributed by atoms with Crippen molar-refractivity contribution in [3.05, 3.63) is 35.3 Å². The third-order valence-electron chi connectivity index (χ3n) is 3.13. The van der Waals surface area contributed by atoms with Crippen molar-refractivity contribution in [1.29, 1.82) is 0 Å². The monoisotopic (exact) mass is 305 g/mol. The minimum absolute atomic E-state index is 0.661. The van der Waals surface area contributed by atoms with Crippen molar-refractivity contribution in [3.63, 3.8) is 0 Å². The Morgan fingerprint density at radius 3 is 2.81 bits per heavy atom. The van der Waals surface area contributed by atoms with E-state index in [-0.39, 0.29) is 0 Å². The molecule has 0 atom stereocenters. The first-order valence-electron chi connectivity index (χ1n) is 7.14. The van der Waals surface area contributed by atoms with Gasteiger partial charge in [0.15, 0.2) is 5.13 Å². The van der Waals surface area contributed by atoms with Crippen molar-refractivity contribution >= 4 is 22.2 Å². The molecule has 1 aromatic carbocycles. The fourth-order valence-electron chi connectivity index (χ4n) is 2.03. The summed E-state index contributed by atoms with van der Waals surface area (Å²) in [6.07, 6.45) is 1.94. The second kappa shape index (κ2) is 7.43. The Morgan fingerprint density at radius 2 is 2.10 bits per heavy atom. The number of ether oxygens (including phenoxy) is 1. The number of para-hydroxylation sites is 2. The van der Waals surface area contributed by atoms with Gasteiger partial charge in [-0.25, -0.2) is 4.98 Å². The Bertz CT molecular complexity index is 568. The molecule has 2 rings (SSSR count). The number of benzene rings is 1. The van der Waals surface area contributed by atoms with E-state index >= 15 is 0 Å². The van der Waals surface area contributed by atoms with Gasteiger partial charge in [-0.1, -0.05) is 26.0 Å². The number of nitrogens with one attached hydrogen (secondary N) is 1. The van der Waals surface area contributed by atoms with Crippen molar-refractivity contribution in [1.82, 2.24) is 10.3 Å². The zero-order valence-corrected chi connectivity index (χ0v) is 13.9. The highest BCUT2D eigenvalue weighted by molar-refractivity contribution is 7.15. The van der Waals surface area contributed by atoms with E-state index in [2.05, 4.69) is 29.0 Å². The molecule has 0 aliphatic rings. The van der Waals surface area contributed by atoms with Crippen LogP contribution < -0.4 is 15.0 Å². The quantitative estimate of drug-likeness (QED) is 0.847. The van der Waals surface area contributed by atoms with E-state index in [0.717, 1.165) is 29.7 Å². The Labute approximate surface area is 130 Å². The number of thiazole rings is 1. The summed E-state index contributed by atoms with van der Waals surface area (Å²) in [4.78, 5) is 7.82. The lowest BCUT2D eigenvalue weighted by atomic mass is 10.2. The third kappa shape index (κ3) is 4.19. The zero-order valence-electron chi connectivity index (χ0n) is 13.1. The molecule has 0 aliphatic heterocycles. The standard InChI is InChI=1S/C16H23N3OS/c1-12(2)9-17-10-13-11-18-16(21-13)19(3)14-7-5-6-8-15(14)20-4/h5-8,11-12,17H,9-10H2,1-4H3. The molecule has 0 saturated heterocycles. The average Bonchev–Trinajstić information content (AvgIpc) is 2.95. The lowest BCUT2D eigenvalue weighted by Gasteiger charge is -2.18. The normalized spacial score (nSPS) is 10.9. The fourth-order valence-corrected chi connectivity index (χ4v) is 2.88. The average molecular weight is 305 g/mol. The van der Waals surface area contributed by atoms with Crippen molar-refractivity contribution in [2.45, 2.75) is 20.4 Å². The summed E-state index contributed by atoms with van der Waals surface area (Å²) >= 11 is 1.70. The minimum Gasteiger partial charge on any atom is -0.495 e. The van der Waals surface area contributed by atoms with E-state index in [0.29, 0.717) is 5.92 Å². The minimum atomic E-state index is 0.661. The van der Waals surface area contributed by atoms with Gasteiger partial charge < -0.3 is 15.0 Å². The predicted octanol–water partition coefficient (Wildman–Crippen LogP) is 3.67. The summed E-state index contributed by atoms with van der Waals surface area (Å²) in [5, 5.41) is 4.42. The highest BCUT2D eigenvalue weighted by atomic mass is 32.1. The van der Waals surface area contributed by atoms with Crippen LogP contribution in [-0.4, -0.2) is 25.7 Å². The Kier molecular flexibility index (Phi) is 5.59. The van der Waals surface area contributed by atoms with E-state index in [1.54, 1.807) is 18.4 Å². The molecule has 114 valence electrons. The molecular formula is C16H23N3OS. The van der Waals surface area contributed by atoms with Gasteiger partial charge >= 0.3 is 0 Å². The van der Waals surface area contributed by atoms with Crippen LogP contribution in [0.25, 0.3) is 0 Å². The van der Waals surface area contributed by atoms with Crippen molar-refractivity contribution in [2.75, 3.05) is 25.6 Å². The summed E-state index contributed by atoms with van der Waals surface area (Å²) in [5.74, 6) is 1.52. The molecule has 0 spiro atoms. The van der Waals surface area contributed by atoms with Gasteiger partial charge in [0.2, 0.25) is 0 Å². The van der Waals surface area contributed by atoms with Crippen LogP contribution in [0.5, 0.6) is 5.75 Å². The van der Waals surface area contributed by atoms with Crippen molar-refractivity contribution < 1.29 is 4.74 Å². The summed E-state index contributed by atoms with van der Waals surface area (Å²) in [7, 11) is 3.71. The van der Waals surface area contributed by atoms with Crippen LogP contribution in [0.15, 0.2) is 30.5 Å². The first-order valence-corrected chi connectivity index (χ1v) is 7.95. The molecular weight excluding hydrogens is 282 g/mol. The second-order valence-electron chi connectivity index (χ2n) is 5.36. The summed E-state index contributed by atoms with van der Waals surface area (Å²) < 4.78 is 5.41. The van der Waals surface area contributed by atoms with Gasteiger partial charge in [0.25, 0.3) is 0 Å². The van der Waals surface area contributed by atoms with Crippen LogP contribution in [0.1, 0.15) is 18.7 Å². The van der Waals surface area contributed by atoms with Gasteiger partial charge in [0, 0.05) is 24.7 Å². The van der Waals surface area contributed by atoms with E-state index < -0.39 is 0 Å². The molecule has 0 radical (unpaired) electrons. The largest absolute Gasteiger partial charge is 0.495 e. The smallest absolute Gasteiger partial charge is 0.189 e. The topological polar surface area (TPSA) is 37.4 Å². The van der Waals surface area contributed by atoms with Crippen LogP contribution in [0, 0.1) is 5.92 Å². The Morgan fingerprint density at radius 1 is 1.33 bits per heavy atom. The highest BCUT2D eigenvalue weighted by Crippen LogP contribution is 2.34. The van der Waals surface area contributed by atoms with Gasteiger partial charge in [-0.3, -0.25) is 0 Å². The number of hydrogen-bond acceptors (Lipinski definition) is 5. The molecule has 0 unspecified atom stereocenters. The van der Waals surface area contributed by atoms with Gasteiger partial charge in [-0.05, 0) is 24.6 Å². The Hall–Kier alpha value is -1.59. The summed E-state index contributed by atoms with van der Waals surface area (Å²) in [6.45, 7) is 6.31. The molecule has 0 aliphatic carbocycles. The van der Waals surface area contributed by atoms with Crippen molar-refractivity contribution in [2.24, 2.45) is 5.92 Å². The highest BCUT2D eigenvalue weighted by Gasteiger charge is 2.12. The number of rotatable bonds is 7. The van der Waals surface area contributed by atoms with Gasteiger partial charge in [0.05, 0.1) is 12.8 Å². The number of methoxy groups -OCH3 is 1. The summed E-state index contributed by atoms with van der Waals surface area (Å²) in [6, 6.07) is 7.98. The molecule has 0 bridgehead atoms. The van der Waals surface area contributed by atoms with Gasteiger partial charge in [0.1, 0.15) is 5.75 Å². The first kappa shape index (κ1) is 15.8. The number of nitrogens with zero attached hydrogens (tertiary/aromatic N) is 2. The molecule has 1 N–H and O–H groups in total.